The van der Waals surface area contributed by atoms with Crippen LogP contribution in [0, 0.1) is 0 Å². The van der Waals surface area contributed by atoms with E-state index in [2.05, 4.69) is 13.8 Å². The number of hydrogen-bond donors (Lipinski definition) is 1. The van der Waals surface area contributed by atoms with Crippen LogP contribution >= 0.6 is 0 Å². The second-order valence-electron chi connectivity index (χ2n) is 11.0. The molecule has 0 heterocycles. The Hall–Kier alpha value is -1.06. The molecule has 214 valence electrons. The predicted octanol–water partition coefficient (Wildman–Crippen LogP) is 10.6. The zero-order valence-electron chi connectivity index (χ0n) is 24.3. The molecule has 4 nitrogen and oxygen atoms in total. The lowest BCUT2D eigenvalue weighted by molar-refractivity contribution is -0.150. The molecule has 0 fully saturated rings. The van der Waals surface area contributed by atoms with Crippen molar-refractivity contribution in [3.05, 3.63) is 0 Å². The van der Waals surface area contributed by atoms with Crippen molar-refractivity contribution in [2.24, 2.45) is 0 Å². The van der Waals surface area contributed by atoms with Crippen molar-refractivity contribution >= 4 is 11.9 Å². The number of hydrogen-bond acceptors (Lipinski definition) is 3. The highest BCUT2D eigenvalue weighted by atomic mass is 16.5. The van der Waals surface area contributed by atoms with Gasteiger partial charge in [0.2, 0.25) is 0 Å². The number of unbranched alkanes of at least 4 members (excludes halogenated alkanes) is 20. The van der Waals surface area contributed by atoms with E-state index in [4.69, 9.17) is 9.84 Å². The van der Waals surface area contributed by atoms with Gasteiger partial charge < -0.3 is 9.84 Å². The van der Waals surface area contributed by atoms with Crippen LogP contribution in [0.4, 0.5) is 0 Å². The second kappa shape index (κ2) is 28.5. The lowest BCUT2D eigenvalue weighted by Gasteiger charge is -2.18. The number of carboxylic acid groups (broad SMARTS) is 1. The fourth-order valence-electron chi connectivity index (χ4n) is 4.95. The molecule has 0 aliphatic heterocycles. The molecule has 0 aromatic rings. The van der Waals surface area contributed by atoms with Gasteiger partial charge in [0.1, 0.15) is 6.10 Å². The van der Waals surface area contributed by atoms with Gasteiger partial charge in [-0.1, -0.05) is 136 Å². The molecule has 0 saturated carbocycles. The Morgan fingerprint density at radius 2 is 0.833 bits per heavy atom. The molecule has 0 aromatic carbocycles. The van der Waals surface area contributed by atoms with Gasteiger partial charge in [-0.25, -0.2) is 0 Å². The van der Waals surface area contributed by atoms with Crippen LogP contribution < -0.4 is 0 Å². The molecule has 1 N–H and O–H groups in total. The Morgan fingerprint density at radius 3 is 1.25 bits per heavy atom. The molecule has 0 rings (SSSR count). The van der Waals surface area contributed by atoms with Gasteiger partial charge in [-0.2, -0.15) is 0 Å². The maximum Gasteiger partial charge on any atom is 0.306 e. The van der Waals surface area contributed by atoms with Crippen LogP contribution in [0.25, 0.3) is 0 Å². The van der Waals surface area contributed by atoms with Crippen molar-refractivity contribution in [1.29, 1.82) is 0 Å². The minimum absolute atomic E-state index is 0.0142. The smallest absolute Gasteiger partial charge is 0.306 e. The van der Waals surface area contributed by atoms with Gasteiger partial charge in [-0.3, -0.25) is 9.59 Å². The van der Waals surface area contributed by atoms with E-state index in [0.29, 0.717) is 12.8 Å². The van der Waals surface area contributed by atoms with Gasteiger partial charge in [0, 0.05) is 12.8 Å². The summed E-state index contributed by atoms with van der Waals surface area (Å²) in [5.74, 6) is -0.758. The van der Waals surface area contributed by atoms with Crippen molar-refractivity contribution in [2.75, 3.05) is 0 Å². The molecule has 0 bridgehead atoms. The van der Waals surface area contributed by atoms with Crippen molar-refractivity contribution in [3.63, 3.8) is 0 Å². The van der Waals surface area contributed by atoms with E-state index in [1.54, 1.807) is 0 Å². The minimum Gasteiger partial charge on any atom is -0.481 e. The number of esters is 1. The quantitative estimate of drug-likeness (QED) is 0.0802. The van der Waals surface area contributed by atoms with Gasteiger partial charge in [0.25, 0.3) is 0 Å². The number of rotatable bonds is 29. The van der Waals surface area contributed by atoms with Gasteiger partial charge in [0.05, 0.1) is 0 Å². The molecule has 36 heavy (non-hydrogen) atoms. The van der Waals surface area contributed by atoms with Gasteiger partial charge in [-0.05, 0) is 38.5 Å². The zero-order valence-corrected chi connectivity index (χ0v) is 24.3. The van der Waals surface area contributed by atoms with Crippen LogP contribution in [0.1, 0.15) is 187 Å². The molecular weight excluding hydrogens is 448 g/mol. The van der Waals surface area contributed by atoms with E-state index in [1.807, 2.05) is 0 Å². The topological polar surface area (TPSA) is 63.6 Å². The molecule has 0 amide bonds. The van der Waals surface area contributed by atoms with Crippen LogP contribution in [0.15, 0.2) is 0 Å². The van der Waals surface area contributed by atoms with Crippen LogP contribution in [0.5, 0.6) is 0 Å². The maximum atomic E-state index is 12.4. The third-order valence-electron chi connectivity index (χ3n) is 7.33. The Labute approximate surface area is 224 Å². The monoisotopic (exact) mass is 510 g/mol. The van der Waals surface area contributed by atoms with Crippen LogP contribution in [-0.2, 0) is 14.3 Å². The number of carbonyl (C=O) groups is 2. The molecule has 0 aliphatic rings. The Balaban J connectivity index is 3.76. The minimum atomic E-state index is -0.725. The molecule has 0 spiro atoms. The average molecular weight is 511 g/mol. The van der Waals surface area contributed by atoms with Crippen LogP contribution in [0.2, 0.25) is 0 Å². The molecule has 0 aromatic heterocycles. The van der Waals surface area contributed by atoms with E-state index in [9.17, 15) is 9.59 Å². The molecule has 4 heteroatoms. The predicted molar refractivity (Wildman–Crippen MR) is 154 cm³/mol. The summed E-state index contributed by atoms with van der Waals surface area (Å²) in [6, 6.07) is 0. The van der Waals surface area contributed by atoms with Gasteiger partial charge >= 0.3 is 11.9 Å². The fraction of sp³-hybridized carbons (Fsp3) is 0.938. The van der Waals surface area contributed by atoms with E-state index >= 15 is 0 Å². The summed E-state index contributed by atoms with van der Waals surface area (Å²) in [6.07, 6.45) is 31.2. The van der Waals surface area contributed by atoms with E-state index < -0.39 is 5.97 Å². The first-order chi connectivity index (χ1) is 17.6. The van der Waals surface area contributed by atoms with Gasteiger partial charge in [0.15, 0.2) is 0 Å². The number of ether oxygens (including phenoxy) is 1. The molecule has 0 radical (unpaired) electrons. The standard InChI is InChI=1S/C32H62O4/c1-3-5-7-9-10-11-12-13-14-15-16-17-18-20-25-29-32(35)36-30(26-22-19-8-6-4-2)27-23-21-24-28-31(33)34/h30H,3-29H2,1-2H3,(H,33,34). The third-order valence-corrected chi connectivity index (χ3v) is 7.33. The lowest BCUT2D eigenvalue weighted by atomic mass is 10.0. The van der Waals surface area contributed by atoms with Crippen LogP contribution in [-0.4, -0.2) is 23.1 Å². The van der Waals surface area contributed by atoms with Crippen molar-refractivity contribution in [2.45, 2.75) is 193 Å². The molecular formula is C32H62O4. The molecule has 1 unspecified atom stereocenters. The molecule has 0 saturated heterocycles. The molecule has 0 aliphatic carbocycles. The first-order valence-corrected chi connectivity index (χ1v) is 16.0. The fourth-order valence-corrected chi connectivity index (χ4v) is 4.95. The first-order valence-electron chi connectivity index (χ1n) is 16.0. The van der Waals surface area contributed by atoms with Crippen LogP contribution in [0.3, 0.4) is 0 Å². The largest absolute Gasteiger partial charge is 0.481 e. The summed E-state index contributed by atoms with van der Waals surface area (Å²) in [5.41, 5.74) is 0. The van der Waals surface area contributed by atoms with Crippen molar-refractivity contribution in [1.82, 2.24) is 0 Å². The highest BCUT2D eigenvalue weighted by molar-refractivity contribution is 5.69. The molecule has 1 atom stereocenters. The van der Waals surface area contributed by atoms with Crippen molar-refractivity contribution in [3.8, 4) is 0 Å². The Bertz CT molecular complexity index is 477. The lowest BCUT2D eigenvalue weighted by Crippen LogP contribution is -2.18. The first kappa shape index (κ1) is 34.9. The third kappa shape index (κ3) is 27.5. The summed E-state index contributed by atoms with van der Waals surface area (Å²) in [5, 5.41) is 8.79. The normalized spacial score (nSPS) is 12.1. The summed E-state index contributed by atoms with van der Waals surface area (Å²) in [6.45, 7) is 4.50. The summed E-state index contributed by atoms with van der Waals surface area (Å²) in [4.78, 5) is 23.1. The number of carbonyl (C=O) groups excluding carboxylic acids is 1. The summed E-state index contributed by atoms with van der Waals surface area (Å²) in [7, 11) is 0. The summed E-state index contributed by atoms with van der Waals surface area (Å²) < 4.78 is 5.85. The SMILES string of the molecule is CCCCCCCCCCCCCCCCCC(=O)OC(CCCCCCC)CCCCCC(=O)O. The second-order valence-corrected chi connectivity index (χ2v) is 11.0. The summed E-state index contributed by atoms with van der Waals surface area (Å²) >= 11 is 0. The highest BCUT2D eigenvalue weighted by Crippen LogP contribution is 2.18. The maximum absolute atomic E-state index is 12.4. The highest BCUT2D eigenvalue weighted by Gasteiger charge is 2.14. The van der Waals surface area contributed by atoms with E-state index in [0.717, 1.165) is 44.9 Å². The van der Waals surface area contributed by atoms with Crippen molar-refractivity contribution < 1.29 is 19.4 Å². The van der Waals surface area contributed by atoms with E-state index in [1.165, 1.54) is 109 Å². The van der Waals surface area contributed by atoms with E-state index in [-0.39, 0.29) is 18.5 Å². The average Bonchev–Trinajstić information content (AvgIpc) is 2.85. The number of carboxylic acids is 1. The number of aliphatic carboxylic acids is 1. The zero-order chi connectivity index (χ0) is 26.5. The van der Waals surface area contributed by atoms with Gasteiger partial charge in [-0.15, -0.1) is 0 Å². The Morgan fingerprint density at radius 1 is 0.500 bits per heavy atom. The Kier molecular flexibility index (Phi) is 27.7.